The van der Waals surface area contributed by atoms with Crippen LogP contribution in [0.1, 0.15) is 10.4 Å². The van der Waals surface area contributed by atoms with Gasteiger partial charge in [0, 0.05) is 5.56 Å². The summed E-state index contributed by atoms with van der Waals surface area (Å²) in [5, 5.41) is 13.3. The summed E-state index contributed by atoms with van der Waals surface area (Å²) in [6.45, 7) is 0. The second-order valence-corrected chi connectivity index (χ2v) is 6.12. The first-order chi connectivity index (χ1) is 9.76. The summed E-state index contributed by atoms with van der Waals surface area (Å²) >= 11 is 2.88. The summed E-state index contributed by atoms with van der Waals surface area (Å²) < 4.78 is 0.832. The standard InChI is InChI=1S/C14H11N3OS2/c1-19-14-17-16-13(20-14)15-12(18)11-7-6-9-4-2-3-5-10(9)8-11/h2-8H,1H3,(H,15,16,18). The van der Waals surface area contributed by atoms with Crippen LogP contribution in [0.15, 0.2) is 46.8 Å². The van der Waals surface area contributed by atoms with Crippen LogP contribution >= 0.6 is 23.1 Å². The molecule has 0 saturated heterocycles. The molecule has 4 nitrogen and oxygen atoms in total. The molecule has 6 heteroatoms. The fourth-order valence-electron chi connectivity index (χ4n) is 1.84. The van der Waals surface area contributed by atoms with E-state index in [1.54, 1.807) is 0 Å². The zero-order chi connectivity index (χ0) is 13.9. The molecule has 0 aliphatic heterocycles. The minimum absolute atomic E-state index is 0.167. The zero-order valence-corrected chi connectivity index (χ0v) is 12.3. The van der Waals surface area contributed by atoms with Crippen LogP contribution in [-0.4, -0.2) is 22.4 Å². The van der Waals surface area contributed by atoms with Gasteiger partial charge < -0.3 is 0 Å². The highest BCUT2D eigenvalue weighted by molar-refractivity contribution is 8.00. The van der Waals surface area contributed by atoms with E-state index in [4.69, 9.17) is 0 Å². The lowest BCUT2D eigenvalue weighted by Gasteiger charge is -2.03. The number of fused-ring (bicyclic) bond motifs is 1. The molecule has 0 radical (unpaired) electrons. The lowest BCUT2D eigenvalue weighted by molar-refractivity contribution is 0.102. The van der Waals surface area contributed by atoms with E-state index in [1.807, 2.05) is 48.7 Å². The molecule has 0 aliphatic carbocycles. The largest absolute Gasteiger partial charge is 0.296 e. The number of aromatic nitrogens is 2. The van der Waals surface area contributed by atoms with E-state index in [0.29, 0.717) is 10.7 Å². The number of thioether (sulfide) groups is 1. The van der Waals surface area contributed by atoms with E-state index in [0.717, 1.165) is 15.1 Å². The van der Waals surface area contributed by atoms with Gasteiger partial charge in [-0.05, 0) is 29.2 Å². The Morgan fingerprint density at radius 3 is 2.70 bits per heavy atom. The second-order valence-electron chi connectivity index (χ2n) is 4.09. The number of carbonyl (C=O) groups excluding carboxylic acids is 1. The predicted molar refractivity (Wildman–Crippen MR) is 83.6 cm³/mol. The smallest absolute Gasteiger partial charge is 0.257 e. The Morgan fingerprint density at radius 2 is 1.95 bits per heavy atom. The number of anilines is 1. The van der Waals surface area contributed by atoms with E-state index >= 15 is 0 Å². The molecule has 1 amide bonds. The maximum atomic E-state index is 12.2. The minimum atomic E-state index is -0.167. The molecule has 100 valence electrons. The average molecular weight is 301 g/mol. The maximum Gasteiger partial charge on any atom is 0.257 e. The highest BCUT2D eigenvalue weighted by atomic mass is 32.2. The first-order valence-electron chi connectivity index (χ1n) is 5.94. The van der Waals surface area contributed by atoms with Crippen LogP contribution in [0.25, 0.3) is 10.8 Å². The SMILES string of the molecule is CSc1nnc(NC(=O)c2ccc3ccccc3c2)s1. The molecule has 0 bridgehead atoms. The summed E-state index contributed by atoms with van der Waals surface area (Å²) in [6, 6.07) is 13.6. The van der Waals surface area contributed by atoms with Crippen LogP contribution in [0, 0.1) is 0 Å². The van der Waals surface area contributed by atoms with E-state index in [9.17, 15) is 4.79 Å². The molecule has 3 rings (SSSR count). The number of hydrogen-bond acceptors (Lipinski definition) is 5. The molecule has 1 N–H and O–H groups in total. The summed E-state index contributed by atoms with van der Waals surface area (Å²) in [7, 11) is 0. The molecule has 1 heterocycles. The first kappa shape index (κ1) is 13.1. The van der Waals surface area contributed by atoms with Gasteiger partial charge in [0.05, 0.1) is 0 Å². The molecule has 0 unspecified atom stereocenters. The Labute approximate surface area is 124 Å². The van der Waals surface area contributed by atoms with Crippen molar-refractivity contribution in [2.75, 3.05) is 11.6 Å². The summed E-state index contributed by atoms with van der Waals surface area (Å²) in [6.07, 6.45) is 1.93. The van der Waals surface area contributed by atoms with Crippen molar-refractivity contribution >= 4 is 44.9 Å². The third-order valence-corrected chi connectivity index (χ3v) is 4.63. The Hall–Kier alpha value is -1.92. The van der Waals surface area contributed by atoms with Gasteiger partial charge in [-0.1, -0.05) is 53.4 Å². The van der Waals surface area contributed by atoms with Crippen molar-refractivity contribution in [1.29, 1.82) is 0 Å². The van der Waals surface area contributed by atoms with Crippen molar-refractivity contribution in [3.8, 4) is 0 Å². The molecule has 2 aromatic carbocycles. The Kier molecular flexibility index (Phi) is 3.66. The van der Waals surface area contributed by atoms with E-state index in [1.165, 1.54) is 23.1 Å². The number of nitrogens with one attached hydrogen (secondary N) is 1. The van der Waals surface area contributed by atoms with Gasteiger partial charge in [0.15, 0.2) is 4.34 Å². The molecule has 0 aliphatic rings. The highest BCUT2D eigenvalue weighted by Gasteiger charge is 2.10. The molecule has 1 aromatic heterocycles. The number of carbonyl (C=O) groups is 1. The van der Waals surface area contributed by atoms with Gasteiger partial charge in [-0.2, -0.15) is 0 Å². The van der Waals surface area contributed by atoms with Gasteiger partial charge in [-0.3, -0.25) is 10.1 Å². The number of hydrogen-bond donors (Lipinski definition) is 1. The molecule has 20 heavy (non-hydrogen) atoms. The number of benzene rings is 2. The third kappa shape index (κ3) is 2.66. The van der Waals surface area contributed by atoms with Crippen LogP contribution in [0.4, 0.5) is 5.13 Å². The van der Waals surface area contributed by atoms with Gasteiger partial charge in [-0.15, -0.1) is 10.2 Å². The Morgan fingerprint density at radius 1 is 1.15 bits per heavy atom. The van der Waals surface area contributed by atoms with Gasteiger partial charge in [-0.25, -0.2) is 0 Å². The van der Waals surface area contributed by atoms with Gasteiger partial charge >= 0.3 is 0 Å². The van der Waals surface area contributed by atoms with Gasteiger partial charge in [0.1, 0.15) is 0 Å². The fraction of sp³-hybridized carbons (Fsp3) is 0.0714. The summed E-state index contributed by atoms with van der Waals surface area (Å²) in [5.41, 5.74) is 0.615. The van der Waals surface area contributed by atoms with E-state index < -0.39 is 0 Å². The summed E-state index contributed by atoms with van der Waals surface area (Å²) in [5.74, 6) is -0.167. The number of nitrogens with zero attached hydrogens (tertiary/aromatic N) is 2. The predicted octanol–water partition coefficient (Wildman–Crippen LogP) is 3.67. The Bertz CT molecular complexity index is 770. The molecular weight excluding hydrogens is 290 g/mol. The normalized spacial score (nSPS) is 10.7. The van der Waals surface area contributed by atoms with Crippen molar-refractivity contribution in [3.63, 3.8) is 0 Å². The average Bonchev–Trinajstić information content (AvgIpc) is 2.94. The van der Waals surface area contributed by atoms with Crippen LogP contribution in [0.3, 0.4) is 0 Å². The van der Waals surface area contributed by atoms with Gasteiger partial charge in [0.2, 0.25) is 5.13 Å². The molecule has 0 saturated carbocycles. The van der Waals surface area contributed by atoms with Crippen molar-refractivity contribution in [3.05, 3.63) is 48.0 Å². The van der Waals surface area contributed by atoms with Gasteiger partial charge in [0.25, 0.3) is 5.91 Å². The number of rotatable bonds is 3. The fourth-order valence-corrected chi connectivity index (χ4v) is 3.01. The molecule has 0 fully saturated rings. The third-order valence-electron chi connectivity index (χ3n) is 2.81. The lowest BCUT2D eigenvalue weighted by atomic mass is 10.1. The van der Waals surface area contributed by atoms with Crippen molar-refractivity contribution in [2.24, 2.45) is 0 Å². The zero-order valence-electron chi connectivity index (χ0n) is 10.7. The van der Waals surface area contributed by atoms with Crippen molar-refractivity contribution in [1.82, 2.24) is 10.2 Å². The second kappa shape index (κ2) is 5.60. The van der Waals surface area contributed by atoms with Crippen LogP contribution in [0.2, 0.25) is 0 Å². The Balaban J connectivity index is 1.84. The monoisotopic (exact) mass is 301 g/mol. The molecular formula is C14H11N3OS2. The van der Waals surface area contributed by atoms with Crippen molar-refractivity contribution < 1.29 is 4.79 Å². The topological polar surface area (TPSA) is 54.9 Å². The summed E-state index contributed by atoms with van der Waals surface area (Å²) in [4.78, 5) is 12.2. The van der Waals surface area contributed by atoms with Crippen LogP contribution < -0.4 is 5.32 Å². The van der Waals surface area contributed by atoms with Crippen LogP contribution in [0.5, 0.6) is 0 Å². The lowest BCUT2D eigenvalue weighted by Crippen LogP contribution is -2.11. The van der Waals surface area contributed by atoms with E-state index in [2.05, 4.69) is 15.5 Å². The first-order valence-corrected chi connectivity index (χ1v) is 7.98. The quantitative estimate of drug-likeness (QED) is 0.592. The molecule has 0 atom stereocenters. The highest BCUT2D eigenvalue weighted by Crippen LogP contribution is 2.24. The molecule has 0 spiro atoms. The minimum Gasteiger partial charge on any atom is -0.296 e. The van der Waals surface area contributed by atoms with Crippen LogP contribution in [-0.2, 0) is 0 Å². The maximum absolute atomic E-state index is 12.2. The van der Waals surface area contributed by atoms with Crippen molar-refractivity contribution in [2.45, 2.75) is 4.34 Å². The molecule has 3 aromatic rings. The number of amides is 1. The van der Waals surface area contributed by atoms with E-state index in [-0.39, 0.29) is 5.91 Å².